The van der Waals surface area contributed by atoms with Crippen LogP contribution in [0.5, 0.6) is 0 Å². The van der Waals surface area contributed by atoms with Crippen LogP contribution in [0.25, 0.3) is 0 Å². The summed E-state index contributed by atoms with van der Waals surface area (Å²) in [6.45, 7) is 1.87. The Bertz CT molecular complexity index is 559. The largest absolute Gasteiger partial charge is 0.329 e. The summed E-state index contributed by atoms with van der Waals surface area (Å²) in [5, 5.41) is 0.843. The number of nitrogens with one attached hydrogen (secondary N) is 1. The third kappa shape index (κ3) is 2.92. The summed E-state index contributed by atoms with van der Waals surface area (Å²) in [5.74, 6) is 0. The number of halogens is 1. The van der Waals surface area contributed by atoms with Crippen molar-refractivity contribution in [3.05, 3.63) is 31.6 Å². The van der Waals surface area contributed by atoms with Crippen LogP contribution in [0.2, 0.25) is 5.15 Å². The zero-order chi connectivity index (χ0) is 14.0. The van der Waals surface area contributed by atoms with Crippen LogP contribution < -0.4 is 11.2 Å². The first kappa shape index (κ1) is 14.7. The van der Waals surface area contributed by atoms with E-state index in [9.17, 15) is 9.59 Å². The van der Waals surface area contributed by atoms with Crippen LogP contribution in [-0.2, 0) is 6.42 Å². The van der Waals surface area contributed by atoms with Gasteiger partial charge >= 0.3 is 5.69 Å². The topological polar surface area (TPSA) is 54.9 Å². The molecule has 2 rings (SSSR count). The lowest BCUT2D eigenvalue weighted by atomic mass is 9.94. The average molecular weight is 303 g/mol. The zero-order valence-corrected chi connectivity index (χ0v) is 12.8. The van der Waals surface area contributed by atoms with Gasteiger partial charge in [0.2, 0.25) is 0 Å². The van der Waals surface area contributed by atoms with Crippen molar-refractivity contribution in [1.82, 2.24) is 9.55 Å². The highest BCUT2D eigenvalue weighted by molar-refractivity contribution is 7.99. The van der Waals surface area contributed by atoms with Gasteiger partial charge in [0.05, 0.1) is 5.56 Å². The van der Waals surface area contributed by atoms with E-state index in [1.807, 2.05) is 18.7 Å². The first-order chi connectivity index (χ1) is 9.08. The van der Waals surface area contributed by atoms with Crippen LogP contribution in [0.3, 0.4) is 0 Å². The fourth-order valence-electron chi connectivity index (χ4n) is 2.74. The van der Waals surface area contributed by atoms with Gasteiger partial charge in [-0.3, -0.25) is 14.3 Å². The van der Waals surface area contributed by atoms with E-state index in [1.54, 1.807) is 0 Å². The van der Waals surface area contributed by atoms with Crippen molar-refractivity contribution in [3.8, 4) is 0 Å². The van der Waals surface area contributed by atoms with Crippen LogP contribution in [0.4, 0.5) is 0 Å². The van der Waals surface area contributed by atoms with E-state index in [-0.39, 0.29) is 22.4 Å². The number of hydrogen-bond acceptors (Lipinski definition) is 3. The second-order valence-electron chi connectivity index (χ2n) is 4.92. The van der Waals surface area contributed by atoms with E-state index < -0.39 is 0 Å². The van der Waals surface area contributed by atoms with Gasteiger partial charge in [-0.15, -0.1) is 0 Å². The molecule has 0 saturated heterocycles. The van der Waals surface area contributed by atoms with Crippen molar-refractivity contribution >= 4 is 23.4 Å². The third-order valence-corrected chi connectivity index (χ3v) is 5.33. The SMILES string of the molecule is CCc1c(Cl)[nH]c(=O)n(C2CCC(SC)CC2)c1=O. The highest BCUT2D eigenvalue weighted by Gasteiger charge is 2.25. The normalized spacial score (nSPS) is 23.5. The highest BCUT2D eigenvalue weighted by atomic mass is 35.5. The number of thioether (sulfide) groups is 1. The summed E-state index contributed by atoms with van der Waals surface area (Å²) in [6.07, 6.45) is 6.54. The van der Waals surface area contributed by atoms with Crippen LogP contribution >= 0.6 is 23.4 Å². The summed E-state index contributed by atoms with van der Waals surface area (Å²) in [6, 6.07) is 0.0159. The number of hydrogen-bond donors (Lipinski definition) is 1. The Kier molecular flexibility index (Phi) is 4.79. The van der Waals surface area contributed by atoms with Crippen molar-refractivity contribution < 1.29 is 0 Å². The lowest BCUT2D eigenvalue weighted by molar-refractivity contribution is 0.341. The highest BCUT2D eigenvalue weighted by Crippen LogP contribution is 2.32. The molecule has 19 heavy (non-hydrogen) atoms. The molecular formula is C13H19ClN2O2S. The first-order valence-corrected chi connectivity index (χ1v) is 8.31. The molecule has 0 spiro atoms. The van der Waals surface area contributed by atoms with Gasteiger partial charge in [-0.25, -0.2) is 4.79 Å². The van der Waals surface area contributed by atoms with Crippen molar-refractivity contribution in [3.63, 3.8) is 0 Å². The Labute approximate surface area is 121 Å². The van der Waals surface area contributed by atoms with Crippen molar-refractivity contribution in [2.75, 3.05) is 6.26 Å². The summed E-state index contributed by atoms with van der Waals surface area (Å²) in [7, 11) is 0. The molecule has 0 aromatic carbocycles. The lowest BCUT2D eigenvalue weighted by Gasteiger charge is -2.28. The van der Waals surface area contributed by atoms with E-state index in [0.29, 0.717) is 17.2 Å². The van der Waals surface area contributed by atoms with Gasteiger partial charge in [0.15, 0.2) is 0 Å². The Morgan fingerprint density at radius 3 is 2.47 bits per heavy atom. The third-order valence-electron chi connectivity index (χ3n) is 3.87. The second kappa shape index (κ2) is 6.18. The van der Waals surface area contributed by atoms with Crippen LogP contribution in [0, 0.1) is 0 Å². The summed E-state index contributed by atoms with van der Waals surface area (Å²) >= 11 is 7.79. The van der Waals surface area contributed by atoms with Crippen molar-refractivity contribution in [2.24, 2.45) is 0 Å². The van der Waals surface area contributed by atoms with Gasteiger partial charge in [-0.1, -0.05) is 18.5 Å². The molecule has 0 radical (unpaired) electrons. The molecule has 1 aromatic heterocycles. The Hall–Kier alpha value is -0.680. The number of aromatic amines is 1. The first-order valence-electron chi connectivity index (χ1n) is 6.64. The zero-order valence-electron chi connectivity index (χ0n) is 11.2. The molecule has 1 N–H and O–H groups in total. The van der Waals surface area contributed by atoms with E-state index in [1.165, 1.54) is 4.57 Å². The number of aromatic nitrogens is 2. The molecule has 1 aliphatic carbocycles. The minimum Gasteiger partial charge on any atom is -0.297 e. The molecule has 1 fully saturated rings. The molecular weight excluding hydrogens is 284 g/mol. The minimum absolute atomic E-state index is 0.0159. The standard InChI is InChI=1S/C13H19ClN2O2S/c1-3-10-11(14)15-13(18)16(12(10)17)8-4-6-9(19-2)7-5-8/h8-9H,3-7H2,1-2H3,(H,15,18). The molecule has 1 aromatic rings. The molecule has 4 nitrogen and oxygen atoms in total. The minimum atomic E-state index is -0.375. The fraction of sp³-hybridized carbons (Fsp3) is 0.692. The molecule has 0 aliphatic heterocycles. The van der Waals surface area contributed by atoms with E-state index >= 15 is 0 Å². The van der Waals surface area contributed by atoms with Crippen LogP contribution in [0.1, 0.15) is 44.2 Å². The van der Waals surface area contributed by atoms with Gasteiger partial charge in [0, 0.05) is 11.3 Å². The quantitative estimate of drug-likeness (QED) is 0.873. The molecule has 0 atom stereocenters. The monoisotopic (exact) mass is 302 g/mol. The number of rotatable bonds is 3. The van der Waals surface area contributed by atoms with Gasteiger partial charge in [0.25, 0.3) is 5.56 Å². The van der Waals surface area contributed by atoms with E-state index in [0.717, 1.165) is 25.7 Å². The Morgan fingerprint density at radius 1 is 1.32 bits per heavy atom. The van der Waals surface area contributed by atoms with Crippen molar-refractivity contribution in [1.29, 1.82) is 0 Å². The van der Waals surface area contributed by atoms with Gasteiger partial charge in [0.1, 0.15) is 5.15 Å². The van der Waals surface area contributed by atoms with Crippen LogP contribution in [0.15, 0.2) is 9.59 Å². The van der Waals surface area contributed by atoms with Gasteiger partial charge in [-0.05, 0) is 38.4 Å². The Morgan fingerprint density at radius 2 is 1.95 bits per heavy atom. The van der Waals surface area contributed by atoms with E-state index in [4.69, 9.17) is 11.6 Å². The maximum Gasteiger partial charge on any atom is 0.329 e. The van der Waals surface area contributed by atoms with Crippen molar-refractivity contribution in [2.45, 2.75) is 50.3 Å². The summed E-state index contributed by atoms with van der Waals surface area (Å²) in [5.41, 5.74) is -0.0862. The predicted octanol–water partition coefficient (Wildman–Crippen LogP) is 2.60. The lowest BCUT2D eigenvalue weighted by Crippen LogP contribution is -2.41. The van der Waals surface area contributed by atoms with E-state index in [2.05, 4.69) is 11.2 Å². The molecule has 106 valence electrons. The molecule has 1 aliphatic rings. The predicted molar refractivity (Wildman–Crippen MR) is 80.5 cm³/mol. The second-order valence-corrected chi connectivity index (χ2v) is 6.43. The Balaban J connectivity index is 2.36. The number of H-pyrrole nitrogens is 1. The molecule has 6 heteroatoms. The summed E-state index contributed by atoms with van der Waals surface area (Å²) < 4.78 is 1.38. The average Bonchev–Trinajstić information content (AvgIpc) is 2.39. The van der Waals surface area contributed by atoms with Gasteiger partial charge < -0.3 is 0 Å². The van der Waals surface area contributed by atoms with Crippen LogP contribution in [-0.4, -0.2) is 21.1 Å². The smallest absolute Gasteiger partial charge is 0.297 e. The summed E-state index contributed by atoms with van der Waals surface area (Å²) in [4.78, 5) is 26.9. The van der Waals surface area contributed by atoms with Gasteiger partial charge in [-0.2, -0.15) is 11.8 Å². The fourth-order valence-corrected chi connectivity index (χ4v) is 3.78. The maximum absolute atomic E-state index is 12.3. The molecule has 0 bridgehead atoms. The molecule has 1 saturated carbocycles. The molecule has 0 amide bonds. The number of nitrogens with zero attached hydrogens (tertiary/aromatic N) is 1. The molecule has 0 unspecified atom stereocenters. The maximum atomic E-state index is 12.3. The molecule has 1 heterocycles.